The number of ether oxygens (including phenoxy) is 2. The van der Waals surface area contributed by atoms with Crippen molar-refractivity contribution in [3.8, 4) is 0 Å². The molecule has 7 nitrogen and oxygen atoms in total. The van der Waals surface area contributed by atoms with E-state index in [0.717, 1.165) is 11.6 Å². The second-order valence-electron chi connectivity index (χ2n) is 6.95. The summed E-state index contributed by atoms with van der Waals surface area (Å²) < 4.78 is 10.6. The summed E-state index contributed by atoms with van der Waals surface area (Å²) in [6, 6.07) is 16.8. The van der Waals surface area contributed by atoms with Crippen molar-refractivity contribution in [2.24, 2.45) is 0 Å². The molecule has 0 fully saturated rings. The van der Waals surface area contributed by atoms with Gasteiger partial charge < -0.3 is 19.9 Å². The molecule has 2 N–H and O–H groups in total. The van der Waals surface area contributed by atoms with Crippen molar-refractivity contribution in [3.05, 3.63) is 83.9 Å². The van der Waals surface area contributed by atoms with Crippen LogP contribution in [0, 0.1) is 0 Å². The third kappa shape index (κ3) is 5.55. The first-order valence-corrected chi connectivity index (χ1v) is 9.56. The van der Waals surface area contributed by atoms with Gasteiger partial charge in [0.05, 0.1) is 12.5 Å². The van der Waals surface area contributed by atoms with E-state index < -0.39 is 36.3 Å². The minimum absolute atomic E-state index is 0.0770. The zero-order chi connectivity index (χ0) is 21.5. The highest BCUT2D eigenvalue weighted by Gasteiger charge is 2.41. The van der Waals surface area contributed by atoms with Crippen LogP contribution in [0.2, 0.25) is 0 Å². The fourth-order valence-electron chi connectivity index (χ4n) is 3.32. The average Bonchev–Trinajstić information content (AvgIpc) is 2.74. The maximum atomic E-state index is 12.7. The van der Waals surface area contributed by atoms with Crippen LogP contribution in [0.4, 0.5) is 0 Å². The van der Waals surface area contributed by atoms with Crippen molar-refractivity contribution < 1.29 is 29.0 Å². The van der Waals surface area contributed by atoms with E-state index in [0.29, 0.717) is 5.56 Å². The molecule has 0 spiro atoms. The van der Waals surface area contributed by atoms with E-state index in [-0.39, 0.29) is 12.3 Å². The van der Waals surface area contributed by atoms with Gasteiger partial charge in [0.2, 0.25) is 5.91 Å². The van der Waals surface area contributed by atoms with Gasteiger partial charge in [0.1, 0.15) is 6.10 Å². The Morgan fingerprint density at radius 2 is 1.73 bits per heavy atom. The van der Waals surface area contributed by atoms with Gasteiger partial charge in [0.25, 0.3) is 0 Å². The van der Waals surface area contributed by atoms with Gasteiger partial charge >= 0.3 is 11.9 Å². The molecule has 30 heavy (non-hydrogen) atoms. The number of hydrogen-bond donors (Lipinski definition) is 2. The minimum Gasteiger partial charge on any atom is -0.454 e. The highest BCUT2D eigenvalue weighted by atomic mass is 16.6. The number of carbonyl (C=O) groups is 3. The molecule has 1 aliphatic heterocycles. The summed E-state index contributed by atoms with van der Waals surface area (Å²) in [6.45, 7) is 1.23. The number of benzene rings is 2. The van der Waals surface area contributed by atoms with Gasteiger partial charge in [-0.25, -0.2) is 4.79 Å². The lowest BCUT2D eigenvalue weighted by Crippen LogP contribution is -2.55. The Kier molecular flexibility index (Phi) is 6.98. The first-order chi connectivity index (χ1) is 14.4. The lowest BCUT2D eigenvalue weighted by atomic mass is 9.93. The van der Waals surface area contributed by atoms with E-state index >= 15 is 0 Å². The Morgan fingerprint density at radius 3 is 2.37 bits per heavy atom. The predicted octanol–water partition coefficient (Wildman–Crippen LogP) is 1.86. The molecule has 0 unspecified atom stereocenters. The second-order valence-corrected chi connectivity index (χ2v) is 6.95. The third-order valence-electron chi connectivity index (χ3n) is 4.67. The van der Waals surface area contributed by atoms with Gasteiger partial charge in [0, 0.05) is 13.0 Å². The lowest BCUT2D eigenvalue weighted by molar-refractivity contribution is -0.167. The monoisotopic (exact) mass is 409 g/mol. The third-order valence-corrected chi connectivity index (χ3v) is 4.67. The SMILES string of the molecule is CC(=O)O[C@H]1C=CC(=O)O[C@H]1[C@@H](NC(=O)Cc1ccccc1)[C@H](O)c1ccccc1. The number of esters is 2. The molecule has 2 aromatic rings. The summed E-state index contributed by atoms with van der Waals surface area (Å²) in [4.78, 5) is 36.1. The summed E-state index contributed by atoms with van der Waals surface area (Å²) in [6.07, 6.45) is -0.614. The molecule has 0 bridgehead atoms. The summed E-state index contributed by atoms with van der Waals surface area (Å²) in [5.74, 6) is -1.59. The molecule has 156 valence electrons. The molecule has 1 heterocycles. The second kappa shape index (κ2) is 9.84. The molecule has 7 heteroatoms. The summed E-state index contributed by atoms with van der Waals surface area (Å²) in [5.41, 5.74) is 1.31. The quantitative estimate of drug-likeness (QED) is 0.677. The first kappa shape index (κ1) is 21.3. The number of amides is 1. The van der Waals surface area contributed by atoms with Crippen LogP contribution < -0.4 is 5.32 Å². The van der Waals surface area contributed by atoms with E-state index in [1.54, 1.807) is 30.3 Å². The number of hydrogen-bond acceptors (Lipinski definition) is 6. The van der Waals surface area contributed by atoms with Crippen LogP contribution in [-0.2, 0) is 30.3 Å². The molecule has 0 saturated heterocycles. The molecular weight excluding hydrogens is 386 g/mol. The van der Waals surface area contributed by atoms with E-state index in [4.69, 9.17) is 9.47 Å². The first-order valence-electron chi connectivity index (χ1n) is 9.56. The topological polar surface area (TPSA) is 102 Å². The largest absolute Gasteiger partial charge is 0.454 e. The summed E-state index contributed by atoms with van der Waals surface area (Å²) in [5, 5.41) is 13.8. The van der Waals surface area contributed by atoms with Crippen LogP contribution in [0.15, 0.2) is 72.8 Å². The molecule has 3 rings (SSSR count). The number of nitrogens with one attached hydrogen (secondary N) is 1. The van der Waals surface area contributed by atoms with Gasteiger partial charge in [-0.15, -0.1) is 0 Å². The van der Waals surface area contributed by atoms with Gasteiger partial charge in [-0.3, -0.25) is 9.59 Å². The van der Waals surface area contributed by atoms with Gasteiger partial charge in [-0.05, 0) is 17.2 Å². The Labute approximate surface area is 174 Å². The highest BCUT2D eigenvalue weighted by Crippen LogP contribution is 2.26. The normalized spacial score (nSPS) is 20.0. The van der Waals surface area contributed by atoms with Crippen LogP contribution in [0.1, 0.15) is 24.2 Å². The fourth-order valence-corrected chi connectivity index (χ4v) is 3.32. The molecule has 1 aliphatic rings. The lowest BCUT2D eigenvalue weighted by Gasteiger charge is -2.36. The van der Waals surface area contributed by atoms with Gasteiger partial charge in [-0.2, -0.15) is 0 Å². The Bertz CT molecular complexity index is 912. The van der Waals surface area contributed by atoms with Crippen LogP contribution in [0.25, 0.3) is 0 Å². The number of rotatable bonds is 7. The molecular formula is C23H23NO6. The molecule has 2 aromatic carbocycles. The fraction of sp³-hybridized carbons (Fsp3) is 0.261. The van der Waals surface area contributed by atoms with E-state index in [2.05, 4.69) is 5.32 Å². The van der Waals surface area contributed by atoms with E-state index in [9.17, 15) is 19.5 Å². The van der Waals surface area contributed by atoms with Crippen molar-refractivity contribution >= 4 is 17.8 Å². The Hall–Kier alpha value is -3.45. The van der Waals surface area contributed by atoms with Crippen LogP contribution in [-0.4, -0.2) is 41.2 Å². The molecule has 1 amide bonds. The number of carbonyl (C=O) groups excluding carboxylic acids is 3. The molecule has 0 aromatic heterocycles. The van der Waals surface area contributed by atoms with Crippen molar-refractivity contribution in [3.63, 3.8) is 0 Å². The summed E-state index contributed by atoms with van der Waals surface area (Å²) >= 11 is 0. The van der Waals surface area contributed by atoms with Gasteiger partial charge in [-0.1, -0.05) is 60.7 Å². The average molecular weight is 409 g/mol. The molecule has 0 radical (unpaired) electrons. The zero-order valence-corrected chi connectivity index (χ0v) is 16.4. The number of cyclic esters (lactones) is 1. The highest BCUT2D eigenvalue weighted by molar-refractivity contribution is 5.84. The van der Waals surface area contributed by atoms with Crippen LogP contribution in [0.5, 0.6) is 0 Å². The Morgan fingerprint density at radius 1 is 1.10 bits per heavy atom. The maximum Gasteiger partial charge on any atom is 0.331 e. The van der Waals surface area contributed by atoms with Crippen molar-refractivity contribution in [2.45, 2.75) is 37.7 Å². The number of aliphatic hydroxyl groups excluding tert-OH is 1. The smallest absolute Gasteiger partial charge is 0.331 e. The van der Waals surface area contributed by atoms with Crippen LogP contribution in [0.3, 0.4) is 0 Å². The van der Waals surface area contributed by atoms with Gasteiger partial charge in [0.15, 0.2) is 12.2 Å². The number of aliphatic hydroxyl groups is 1. The van der Waals surface area contributed by atoms with E-state index in [1.165, 1.54) is 13.0 Å². The minimum atomic E-state index is -1.20. The zero-order valence-electron chi connectivity index (χ0n) is 16.4. The van der Waals surface area contributed by atoms with Crippen molar-refractivity contribution in [1.82, 2.24) is 5.32 Å². The molecule has 0 aliphatic carbocycles. The maximum absolute atomic E-state index is 12.7. The Balaban J connectivity index is 1.88. The molecule has 0 saturated carbocycles. The van der Waals surface area contributed by atoms with Crippen LogP contribution >= 0.6 is 0 Å². The molecule has 4 atom stereocenters. The predicted molar refractivity (Wildman–Crippen MR) is 108 cm³/mol. The van der Waals surface area contributed by atoms with Crippen molar-refractivity contribution in [2.75, 3.05) is 0 Å². The van der Waals surface area contributed by atoms with E-state index in [1.807, 2.05) is 30.3 Å². The summed E-state index contributed by atoms with van der Waals surface area (Å²) in [7, 11) is 0. The standard InChI is InChI=1S/C23H23NO6/c1-15(25)29-18-12-13-20(27)30-23(18)21(22(28)17-10-6-3-7-11-17)24-19(26)14-16-8-4-2-5-9-16/h2-13,18,21-23,28H,14H2,1H3,(H,24,26)/t18-,21-,22+,23+/m0/s1. The van der Waals surface area contributed by atoms with Crippen molar-refractivity contribution in [1.29, 1.82) is 0 Å².